The van der Waals surface area contributed by atoms with Crippen LogP contribution in [-0.2, 0) is 9.47 Å². The van der Waals surface area contributed by atoms with Crippen molar-refractivity contribution in [3.8, 4) is 11.3 Å². The Morgan fingerprint density at radius 3 is 2.71 bits per heavy atom. The summed E-state index contributed by atoms with van der Waals surface area (Å²) in [6.45, 7) is 2.04. The van der Waals surface area contributed by atoms with E-state index in [4.69, 9.17) is 9.47 Å². The van der Waals surface area contributed by atoms with Crippen molar-refractivity contribution >= 4 is 5.82 Å². The molecule has 0 bridgehead atoms. The van der Waals surface area contributed by atoms with E-state index < -0.39 is 17.5 Å². The van der Waals surface area contributed by atoms with Crippen molar-refractivity contribution < 1.29 is 22.6 Å². The first-order valence-corrected chi connectivity index (χ1v) is 10.8. The Morgan fingerprint density at radius 2 is 1.97 bits per heavy atom. The zero-order valence-corrected chi connectivity index (χ0v) is 17.0. The second-order valence-electron chi connectivity index (χ2n) is 8.63. The van der Waals surface area contributed by atoms with Gasteiger partial charge >= 0.3 is 0 Å². The smallest absolute Gasteiger partial charge is 0.168 e. The van der Waals surface area contributed by atoms with E-state index in [0.29, 0.717) is 49.7 Å². The molecule has 1 aliphatic carbocycles. The highest BCUT2D eigenvalue weighted by molar-refractivity contribution is 5.60. The molecule has 1 unspecified atom stereocenters. The molecule has 3 heterocycles. The number of anilines is 1. The molecule has 6 nitrogen and oxygen atoms in total. The van der Waals surface area contributed by atoms with E-state index in [9.17, 15) is 13.2 Å². The van der Waals surface area contributed by atoms with Gasteiger partial charge in [-0.25, -0.2) is 13.2 Å². The van der Waals surface area contributed by atoms with E-state index >= 15 is 0 Å². The van der Waals surface area contributed by atoms with Crippen LogP contribution in [-0.4, -0.2) is 54.2 Å². The lowest BCUT2D eigenvalue weighted by Gasteiger charge is -2.26. The number of aromatic nitrogens is 2. The number of nitrogens with one attached hydrogen (secondary N) is 2. The van der Waals surface area contributed by atoms with Crippen molar-refractivity contribution in [3.05, 3.63) is 41.7 Å². The van der Waals surface area contributed by atoms with Gasteiger partial charge in [-0.05, 0) is 49.8 Å². The van der Waals surface area contributed by atoms with Gasteiger partial charge < -0.3 is 20.1 Å². The summed E-state index contributed by atoms with van der Waals surface area (Å²) >= 11 is 0. The Morgan fingerprint density at radius 1 is 1.06 bits per heavy atom. The molecular weight excluding hydrogens is 409 g/mol. The summed E-state index contributed by atoms with van der Waals surface area (Å²) < 4.78 is 52.1. The van der Waals surface area contributed by atoms with Gasteiger partial charge in [0.05, 0.1) is 31.6 Å². The summed E-state index contributed by atoms with van der Waals surface area (Å²) in [7, 11) is 0. The van der Waals surface area contributed by atoms with Crippen LogP contribution in [0.1, 0.15) is 25.7 Å². The first kappa shape index (κ1) is 20.7. The quantitative estimate of drug-likeness (QED) is 0.704. The summed E-state index contributed by atoms with van der Waals surface area (Å²) in [5.41, 5.74) is -0.155. The molecule has 3 aliphatic rings. The Kier molecular flexibility index (Phi) is 5.81. The van der Waals surface area contributed by atoms with Crippen LogP contribution in [0.5, 0.6) is 0 Å². The topological polar surface area (TPSA) is 68.3 Å². The SMILES string of the molecule is Fc1cc(F)c(F)c(-c2ccc(N[C@H]3C[C@H]4CC(C[C@@H]5COCCO5)N[C@H]4C3)nn2)c1. The molecule has 1 aromatic carbocycles. The molecule has 2 aliphatic heterocycles. The van der Waals surface area contributed by atoms with Gasteiger partial charge in [0.2, 0.25) is 0 Å². The number of rotatable bonds is 5. The average molecular weight is 434 g/mol. The third-order valence-electron chi connectivity index (χ3n) is 6.45. The monoisotopic (exact) mass is 434 g/mol. The van der Waals surface area contributed by atoms with Gasteiger partial charge in [-0.2, -0.15) is 0 Å². The Labute approximate surface area is 178 Å². The van der Waals surface area contributed by atoms with E-state index in [-0.39, 0.29) is 23.4 Å². The van der Waals surface area contributed by atoms with Gasteiger partial charge in [0.15, 0.2) is 11.6 Å². The van der Waals surface area contributed by atoms with Crippen LogP contribution in [0.3, 0.4) is 0 Å². The number of hydrogen-bond acceptors (Lipinski definition) is 6. The summed E-state index contributed by atoms with van der Waals surface area (Å²) in [5, 5.41) is 15.2. The van der Waals surface area contributed by atoms with Crippen molar-refractivity contribution in [1.29, 1.82) is 0 Å². The minimum Gasteiger partial charge on any atom is -0.376 e. The predicted octanol–water partition coefficient (Wildman–Crippen LogP) is 3.29. The predicted molar refractivity (Wildman–Crippen MR) is 108 cm³/mol. The van der Waals surface area contributed by atoms with Crippen LogP contribution in [0.25, 0.3) is 11.3 Å². The average Bonchev–Trinajstić information content (AvgIpc) is 3.30. The number of nitrogens with zero attached hydrogens (tertiary/aromatic N) is 2. The molecule has 2 saturated heterocycles. The standard InChI is InChI=1S/C22H25F3N4O2/c23-13-7-17(22(25)18(24)8-13)19-1-2-21(29-28-19)27-15-6-12-5-14(26-20(12)10-15)9-16-11-30-3-4-31-16/h1-2,7-8,12,14-16,20,26H,3-6,9-11H2,(H,27,29)/t12-,14?,15+,16-,20+/m1/s1. The molecule has 2 N–H and O–H groups in total. The van der Waals surface area contributed by atoms with Crippen molar-refractivity contribution in [2.24, 2.45) is 5.92 Å². The van der Waals surface area contributed by atoms with E-state index in [1.54, 1.807) is 6.07 Å². The van der Waals surface area contributed by atoms with Gasteiger partial charge in [-0.1, -0.05) is 0 Å². The van der Waals surface area contributed by atoms with Gasteiger partial charge in [0, 0.05) is 29.8 Å². The van der Waals surface area contributed by atoms with Crippen LogP contribution in [0.2, 0.25) is 0 Å². The van der Waals surface area contributed by atoms with Crippen molar-refractivity contribution in [1.82, 2.24) is 15.5 Å². The van der Waals surface area contributed by atoms with E-state index in [1.807, 2.05) is 0 Å². The lowest BCUT2D eigenvalue weighted by molar-refractivity contribution is -0.0932. The molecule has 1 aromatic heterocycles. The van der Waals surface area contributed by atoms with Gasteiger partial charge in [-0.15, -0.1) is 10.2 Å². The molecule has 0 spiro atoms. The summed E-state index contributed by atoms with van der Waals surface area (Å²) in [6.07, 6.45) is 4.30. The van der Waals surface area contributed by atoms with Gasteiger partial charge in [0.1, 0.15) is 11.6 Å². The minimum atomic E-state index is -1.25. The third-order valence-corrected chi connectivity index (χ3v) is 6.45. The lowest BCUT2D eigenvalue weighted by Crippen LogP contribution is -2.37. The van der Waals surface area contributed by atoms with Gasteiger partial charge in [0.25, 0.3) is 0 Å². The first-order chi connectivity index (χ1) is 15.0. The van der Waals surface area contributed by atoms with E-state index in [0.717, 1.165) is 31.7 Å². The zero-order valence-electron chi connectivity index (χ0n) is 17.0. The second kappa shape index (κ2) is 8.72. The third kappa shape index (κ3) is 4.53. The van der Waals surface area contributed by atoms with Crippen molar-refractivity contribution in [3.63, 3.8) is 0 Å². The number of halogens is 3. The van der Waals surface area contributed by atoms with Crippen LogP contribution in [0.15, 0.2) is 24.3 Å². The highest BCUT2D eigenvalue weighted by atomic mass is 19.2. The van der Waals surface area contributed by atoms with E-state index in [2.05, 4.69) is 20.8 Å². The molecule has 1 saturated carbocycles. The Balaban J connectivity index is 1.16. The molecule has 9 heteroatoms. The Bertz CT molecular complexity index is 910. The van der Waals surface area contributed by atoms with Crippen LogP contribution < -0.4 is 10.6 Å². The number of benzene rings is 1. The van der Waals surface area contributed by atoms with Gasteiger partial charge in [-0.3, -0.25) is 0 Å². The molecule has 0 amide bonds. The van der Waals surface area contributed by atoms with E-state index in [1.165, 1.54) is 6.07 Å². The molecule has 2 aromatic rings. The number of ether oxygens (including phenoxy) is 2. The molecular formula is C22H25F3N4O2. The molecule has 0 radical (unpaired) electrons. The largest absolute Gasteiger partial charge is 0.376 e. The summed E-state index contributed by atoms with van der Waals surface area (Å²) in [4.78, 5) is 0. The van der Waals surface area contributed by atoms with Crippen LogP contribution in [0.4, 0.5) is 19.0 Å². The first-order valence-electron chi connectivity index (χ1n) is 10.8. The molecule has 166 valence electrons. The highest BCUT2D eigenvalue weighted by Gasteiger charge is 2.42. The summed E-state index contributed by atoms with van der Waals surface area (Å²) in [6, 6.07) is 5.79. The fraction of sp³-hybridized carbons (Fsp3) is 0.545. The summed E-state index contributed by atoms with van der Waals surface area (Å²) in [5.74, 6) is -2.07. The fourth-order valence-electron chi connectivity index (χ4n) is 5.10. The molecule has 3 fully saturated rings. The molecule has 5 rings (SSSR count). The fourth-order valence-corrected chi connectivity index (χ4v) is 5.10. The normalized spacial score (nSPS) is 30.4. The molecule has 5 atom stereocenters. The maximum atomic E-state index is 14.0. The lowest BCUT2D eigenvalue weighted by atomic mass is 9.98. The van der Waals surface area contributed by atoms with Crippen LogP contribution >= 0.6 is 0 Å². The minimum absolute atomic E-state index is 0.0863. The highest BCUT2D eigenvalue weighted by Crippen LogP contribution is 2.37. The zero-order chi connectivity index (χ0) is 21.4. The van der Waals surface area contributed by atoms with Crippen LogP contribution in [0, 0.1) is 23.4 Å². The molecule has 31 heavy (non-hydrogen) atoms. The maximum absolute atomic E-state index is 14.0. The van der Waals surface area contributed by atoms with Crippen molar-refractivity contribution in [2.75, 3.05) is 25.1 Å². The maximum Gasteiger partial charge on any atom is 0.168 e. The number of fused-ring (bicyclic) bond motifs is 1. The van der Waals surface area contributed by atoms with Crippen molar-refractivity contribution in [2.45, 2.75) is 49.9 Å². The number of hydrogen-bond donors (Lipinski definition) is 2. The second-order valence-corrected chi connectivity index (χ2v) is 8.63. The Hall–Kier alpha value is -2.23.